The molecule has 1 fully saturated rings. The second-order valence-electron chi connectivity index (χ2n) is 9.89. The summed E-state index contributed by atoms with van der Waals surface area (Å²) in [6, 6.07) is 3.43. The van der Waals surface area contributed by atoms with Crippen molar-refractivity contribution in [1.82, 2.24) is 14.1 Å². The highest BCUT2D eigenvalue weighted by molar-refractivity contribution is 7.89. The summed E-state index contributed by atoms with van der Waals surface area (Å²) in [6.07, 6.45) is 4.75. The van der Waals surface area contributed by atoms with E-state index >= 15 is 0 Å². The molecule has 2 rings (SSSR count). The predicted octanol–water partition coefficient (Wildman–Crippen LogP) is 2.78. The minimum Gasteiger partial charge on any atom is -0.497 e. The fourth-order valence-corrected chi connectivity index (χ4v) is 6.33. The van der Waals surface area contributed by atoms with Crippen LogP contribution in [-0.2, 0) is 19.6 Å². The molecule has 0 atom stereocenters. The number of nitrogens with zero attached hydrogens (tertiary/aromatic N) is 3. The summed E-state index contributed by atoms with van der Waals surface area (Å²) in [6.45, 7) is 5.69. The van der Waals surface area contributed by atoms with Crippen LogP contribution >= 0.6 is 0 Å². The molecule has 0 heterocycles. The molecular weight excluding hydrogens is 454 g/mol. The van der Waals surface area contributed by atoms with E-state index in [0.717, 1.165) is 31.8 Å². The van der Waals surface area contributed by atoms with Crippen LogP contribution in [0.1, 0.15) is 36.8 Å². The highest BCUT2D eigenvalue weighted by Gasteiger charge is 2.26. The highest BCUT2D eigenvalue weighted by Crippen LogP contribution is 2.30. The second-order valence-corrected chi connectivity index (χ2v) is 11.9. The van der Waals surface area contributed by atoms with Crippen LogP contribution < -0.4 is 4.74 Å². The van der Waals surface area contributed by atoms with Gasteiger partial charge in [-0.15, -0.1) is 0 Å². The van der Waals surface area contributed by atoms with Gasteiger partial charge in [-0.05, 0) is 88.7 Å². The number of carbonyl (C=O) groups is 1. The average molecular weight is 498 g/mol. The molecule has 0 N–H and O–H groups in total. The summed E-state index contributed by atoms with van der Waals surface area (Å²) in [5, 5.41) is 0. The van der Waals surface area contributed by atoms with Crippen molar-refractivity contribution in [2.75, 3.05) is 68.1 Å². The summed E-state index contributed by atoms with van der Waals surface area (Å²) < 4.78 is 38.2. The molecule has 1 aliphatic rings. The number of sulfonamides is 1. The van der Waals surface area contributed by atoms with Gasteiger partial charge in [0.2, 0.25) is 15.9 Å². The largest absolute Gasteiger partial charge is 0.497 e. The van der Waals surface area contributed by atoms with Crippen LogP contribution in [0.4, 0.5) is 0 Å². The molecule has 0 unspecified atom stereocenters. The van der Waals surface area contributed by atoms with Crippen molar-refractivity contribution >= 4 is 15.9 Å². The molecule has 9 heteroatoms. The quantitative estimate of drug-likeness (QED) is 0.413. The molecule has 0 aliphatic heterocycles. The Morgan fingerprint density at radius 3 is 2.00 bits per heavy atom. The van der Waals surface area contributed by atoms with Gasteiger partial charge in [-0.3, -0.25) is 4.79 Å². The molecular formula is C25H43N3O5S. The van der Waals surface area contributed by atoms with Gasteiger partial charge < -0.3 is 19.3 Å². The molecule has 0 saturated heterocycles. The van der Waals surface area contributed by atoms with E-state index in [-0.39, 0.29) is 30.6 Å². The zero-order valence-electron chi connectivity index (χ0n) is 22.0. The van der Waals surface area contributed by atoms with Crippen LogP contribution in [0.25, 0.3) is 0 Å². The van der Waals surface area contributed by atoms with Gasteiger partial charge in [0.15, 0.2) is 0 Å². The highest BCUT2D eigenvalue weighted by atomic mass is 32.2. The number of rotatable bonds is 12. The number of amides is 1. The summed E-state index contributed by atoms with van der Waals surface area (Å²) in [5.74, 6) is 1.86. The van der Waals surface area contributed by atoms with Gasteiger partial charge in [-0.25, -0.2) is 8.42 Å². The summed E-state index contributed by atoms with van der Waals surface area (Å²) in [7, 11) is 5.47. The van der Waals surface area contributed by atoms with Crippen molar-refractivity contribution < 1.29 is 22.7 Å². The molecule has 0 radical (unpaired) electrons. The summed E-state index contributed by atoms with van der Waals surface area (Å²) in [4.78, 5) is 16.8. The lowest BCUT2D eigenvalue weighted by Gasteiger charge is -2.32. The van der Waals surface area contributed by atoms with Gasteiger partial charge in [0.25, 0.3) is 0 Å². The minimum atomic E-state index is -3.67. The third kappa shape index (κ3) is 7.93. The minimum absolute atomic E-state index is 0.0407. The Hall–Kier alpha value is -1.68. The molecule has 1 saturated carbocycles. The smallest absolute Gasteiger partial charge is 0.248 e. The molecule has 0 aromatic heterocycles. The van der Waals surface area contributed by atoms with Gasteiger partial charge >= 0.3 is 0 Å². The van der Waals surface area contributed by atoms with E-state index in [2.05, 4.69) is 19.0 Å². The number of ether oxygens (including phenoxy) is 2. The van der Waals surface area contributed by atoms with Gasteiger partial charge in [0, 0.05) is 33.7 Å². The first-order chi connectivity index (χ1) is 15.9. The second kappa shape index (κ2) is 12.9. The Kier molecular flexibility index (Phi) is 10.8. The fourth-order valence-electron chi connectivity index (χ4n) is 4.78. The number of carbonyl (C=O) groups excluding carboxylic acids is 1. The van der Waals surface area contributed by atoms with E-state index < -0.39 is 10.0 Å². The SMILES string of the molecule is COc1cc(C)c(S(=O)(=O)N(C)CCOCC(=O)N(C)C[C@H]2CC[C@@H](CN(C)C)CC2)c(C)c1. The van der Waals surface area contributed by atoms with E-state index in [1.54, 1.807) is 38.0 Å². The molecule has 34 heavy (non-hydrogen) atoms. The lowest BCUT2D eigenvalue weighted by molar-refractivity contribution is -0.135. The molecule has 1 amide bonds. The molecule has 8 nitrogen and oxygen atoms in total. The van der Waals surface area contributed by atoms with Crippen LogP contribution in [0.15, 0.2) is 17.0 Å². The van der Waals surface area contributed by atoms with Crippen LogP contribution in [0.5, 0.6) is 5.75 Å². The molecule has 1 aliphatic carbocycles. The van der Waals surface area contributed by atoms with Crippen LogP contribution in [0.2, 0.25) is 0 Å². The number of hydrogen-bond donors (Lipinski definition) is 0. The molecule has 0 bridgehead atoms. The molecule has 194 valence electrons. The van der Waals surface area contributed by atoms with E-state index in [4.69, 9.17) is 9.47 Å². The van der Waals surface area contributed by atoms with E-state index in [1.165, 1.54) is 24.2 Å². The first kappa shape index (κ1) is 28.6. The Labute approximate surface area is 206 Å². The lowest BCUT2D eigenvalue weighted by Crippen LogP contribution is -2.37. The zero-order chi connectivity index (χ0) is 25.5. The van der Waals surface area contributed by atoms with E-state index in [1.807, 2.05) is 7.05 Å². The summed E-state index contributed by atoms with van der Waals surface area (Å²) in [5.41, 5.74) is 1.27. The standard InChI is InChI=1S/C25H43N3O5S/c1-19-14-23(32-7)15-20(2)25(19)34(30,31)28(6)12-13-33-18-24(29)27(5)17-22-10-8-21(9-11-22)16-26(3)4/h14-15,21-22H,8-13,16-18H2,1-7H3/t21-,22+. The predicted molar refractivity (Wildman–Crippen MR) is 135 cm³/mol. The Morgan fingerprint density at radius 2 is 1.50 bits per heavy atom. The van der Waals surface area contributed by atoms with Crippen LogP contribution in [0, 0.1) is 25.7 Å². The third-order valence-electron chi connectivity index (χ3n) is 6.66. The maximum atomic E-state index is 13.1. The molecule has 1 aromatic carbocycles. The Bertz CT molecular complexity index is 888. The van der Waals surface area contributed by atoms with Crippen molar-refractivity contribution in [3.8, 4) is 5.75 Å². The van der Waals surface area contributed by atoms with Crippen LogP contribution in [-0.4, -0.2) is 96.6 Å². The van der Waals surface area contributed by atoms with Crippen molar-refractivity contribution in [3.05, 3.63) is 23.3 Å². The maximum absolute atomic E-state index is 13.1. The lowest BCUT2D eigenvalue weighted by atomic mass is 9.81. The summed E-state index contributed by atoms with van der Waals surface area (Å²) >= 11 is 0. The van der Waals surface area contributed by atoms with Crippen molar-refractivity contribution in [3.63, 3.8) is 0 Å². The number of methoxy groups -OCH3 is 1. The number of hydrogen-bond acceptors (Lipinski definition) is 6. The first-order valence-corrected chi connectivity index (χ1v) is 13.5. The van der Waals surface area contributed by atoms with E-state index in [0.29, 0.717) is 22.8 Å². The normalized spacial score (nSPS) is 19.0. The Balaban J connectivity index is 1.77. The monoisotopic (exact) mass is 497 g/mol. The van der Waals surface area contributed by atoms with Gasteiger partial charge in [-0.1, -0.05) is 0 Å². The zero-order valence-corrected chi connectivity index (χ0v) is 22.8. The molecule has 1 aromatic rings. The van der Waals surface area contributed by atoms with Crippen molar-refractivity contribution in [1.29, 1.82) is 0 Å². The van der Waals surface area contributed by atoms with Gasteiger partial charge in [-0.2, -0.15) is 4.31 Å². The van der Waals surface area contributed by atoms with Gasteiger partial charge in [0.1, 0.15) is 12.4 Å². The number of aryl methyl sites for hydroxylation is 2. The molecule has 0 spiro atoms. The average Bonchev–Trinajstić information content (AvgIpc) is 2.76. The first-order valence-electron chi connectivity index (χ1n) is 12.0. The number of benzene rings is 1. The maximum Gasteiger partial charge on any atom is 0.248 e. The number of likely N-dealkylation sites (N-methyl/N-ethyl adjacent to an activating group) is 2. The Morgan fingerprint density at radius 1 is 0.971 bits per heavy atom. The van der Waals surface area contributed by atoms with Crippen molar-refractivity contribution in [2.24, 2.45) is 11.8 Å². The third-order valence-corrected chi connectivity index (χ3v) is 8.82. The van der Waals surface area contributed by atoms with Crippen molar-refractivity contribution in [2.45, 2.75) is 44.4 Å². The fraction of sp³-hybridized carbons (Fsp3) is 0.720. The van der Waals surface area contributed by atoms with E-state index in [9.17, 15) is 13.2 Å². The van der Waals surface area contributed by atoms with Gasteiger partial charge in [0.05, 0.1) is 18.6 Å². The topological polar surface area (TPSA) is 79.4 Å². The van der Waals surface area contributed by atoms with Crippen LogP contribution in [0.3, 0.4) is 0 Å².